The zero-order valence-electron chi connectivity index (χ0n) is 15.4. The Balaban J connectivity index is 1.58. The van der Waals surface area contributed by atoms with Crippen molar-refractivity contribution in [2.45, 2.75) is 20.0 Å². The van der Waals surface area contributed by atoms with Crippen molar-refractivity contribution >= 4 is 22.9 Å². The highest BCUT2D eigenvalue weighted by molar-refractivity contribution is 7.08. The third-order valence-corrected chi connectivity index (χ3v) is 4.99. The molecule has 0 radical (unpaired) electrons. The molecule has 0 saturated heterocycles. The van der Waals surface area contributed by atoms with Gasteiger partial charge >= 0.3 is 0 Å². The second kappa shape index (κ2) is 8.14. The molecular formula is C21H19N5OS. The van der Waals surface area contributed by atoms with Crippen molar-refractivity contribution in [2.75, 3.05) is 4.90 Å². The predicted molar refractivity (Wildman–Crippen MR) is 110 cm³/mol. The molecule has 0 bridgehead atoms. The normalized spacial score (nSPS) is 10.8. The van der Waals surface area contributed by atoms with E-state index in [1.54, 1.807) is 16.2 Å². The van der Waals surface area contributed by atoms with Gasteiger partial charge in [-0.15, -0.1) is 10.2 Å². The van der Waals surface area contributed by atoms with Crippen molar-refractivity contribution < 1.29 is 4.79 Å². The fraction of sp³-hybridized carbons (Fsp3) is 0.143. The number of carbonyl (C=O) groups is 1. The Morgan fingerprint density at radius 1 is 1.11 bits per heavy atom. The van der Waals surface area contributed by atoms with E-state index < -0.39 is 0 Å². The van der Waals surface area contributed by atoms with E-state index in [1.165, 1.54) is 4.80 Å². The van der Waals surface area contributed by atoms with Crippen LogP contribution in [-0.2, 0) is 17.9 Å². The molecule has 1 amide bonds. The van der Waals surface area contributed by atoms with Crippen LogP contribution in [0.5, 0.6) is 0 Å². The topological polar surface area (TPSA) is 63.9 Å². The van der Waals surface area contributed by atoms with Gasteiger partial charge in [0.05, 0.1) is 6.54 Å². The molecule has 0 aliphatic carbocycles. The zero-order valence-corrected chi connectivity index (χ0v) is 16.2. The van der Waals surface area contributed by atoms with Crippen LogP contribution >= 0.6 is 11.3 Å². The van der Waals surface area contributed by atoms with Crippen molar-refractivity contribution in [1.29, 1.82) is 0 Å². The first-order valence-corrected chi connectivity index (χ1v) is 9.85. The Hall–Kier alpha value is -3.32. The number of aromatic nitrogens is 4. The van der Waals surface area contributed by atoms with E-state index in [0.29, 0.717) is 12.4 Å². The predicted octanol–water partition coefficient (Wildman–Crippen LogP) is 3.94. The van der Waals surface area contributed by atoms with E-state index >= 15 is 0 Å². The van der Waals surface area contributed by atoms with Gasteiger partial charge in [0.2, 0.25) is 5.82 Å². The minimum atomic E-state index is -0.0938. The van der Waals surface area contributed by atoms with Crippen LogP contribution in [0, 0.1) is 6.92 Å². The van der Waals surface area contributed by atoms with Gasteiger partial charge in [-0.05, 0) is 46.8 Å². The molecule has 7 heteroatoms. The Morgan fingerprint density at radius 2 is 1.96 bits per heavy atom. The molecule has 140 valence electrons. The fourth-order valence-electron chi connectivity index (χ4n) is 2.91. The summed E-state index contributed by atoms with van der Waals surface area (Å²) >= 11 is 1.57. The van der Waals surface area contributed by atoms with E-state index in [1.807, 2.05) is 78.3 Å². The molecule has 6 nitrogen and oxygen atoms in total. The molecule has 0 aliphatic rings. The molecule has 0 unspecified atom stereocenters. The molecule has 0 N–H and O–H groups in total. The Labute approximate surface area is 167 Å². The first kappa shape index (κ1) is 18.1. The van der Waals surface area contributed by atoms with Crippen LogP contribution in [0.25, 0.3) is 11.4 Å². The molecule has 2 heterocycles. The number of thiophene rings is 1. The van der Waals surface area contributed by atoms with Gasteiger partial charge < -0.3 is 4.90 Å². The van der Waals surface area contributed by atoms with Gasteiger partial charge in [0.25, 0.3) is 5.91 Å². The van der Waals surface area contributed by atoms with Crippen LogP contribution in [0.2, 0.25) is 0 Å². The van der Waals surface area contributed by atoms with Crippen LogP contribution in [0.4, 0.5) is 5.69 Å². The van der Waals surface area contributed by atoms with Crippen LogP contribution in [0.15, 0.2) is 71.4 Å². The van der Waals surface area contributed by atoms with E-state index in [9.17, 15) is 4.79 Å². The lowest BCUT2D eigenvalue weighted by molar-refractivity contribution is -0.119. The Morgan fingerprint density at radius 3 is 2.71 bits per heavy atom. The van der Waals surface area contributed by atoms with E-state index in [2.05, 4.69) is 15.4 Å². The first-order valence-electron chi connectivity index (χ1n) is 8.90. The molecule has 28 heavy (non-hydrogen) atoms. The van der Waals surface area contributed by atoms with Gasteiger partial charge in [-0.25, -0.2) is 0 Å². The van der Waals surface area contributed by atoms with Crippen molar-refractivity contribution in [3.8, 4) is 11.4 Å². The Bertz CT molecular complexity index is 1060. The molecule has 0 fully saturated rings. The molecule has 2 aromatic heterocycles. The van der Waals surface area contributed by atoms with E-state index in [4.69, 9.17) is 0 Å². The highest BCUT2D eigenvalue weighted by Gasteiger charge is 2.19. The summed E-state index contributed by atoms with van der Waals surface area (Å²) in [7, 11) is 0. The molecule has 0 atom stereocenters. The molecule has 0 spiro atoms. The van der Waals surface area contributed by atoms with Crippen molar-refractivity contribution in [3.05, 3.63) is 82.6 Å². The average Bonchev–Trinajstić information content (AvgIpc) is 3.38. The maximum absolute atomic E-state index is 13.1. The summed E-state index contributed by atoms with van der Waals surface area (Å²) in [6, 6.07) is 19.8. The van der Waals surface area contributed by atoms with Gasteiger partial charge in [0.15, 0.2) is 0 Å². The molecule has 4 rings (SSSR count). The lowest BCUT2D eigenvalue weighted by atomic mass is 10.1. The number of carbonyl (C=O) groups excluding carboxylic acids is 1. The highest BCUT2D eigenvalue weighted by atomic mass is 32.1. The molecule has 0 saturated carbocycles. The summed E-state index contributed by atoms with van der Waals surface area (Å²) in [4.78, 5) is 16.2. The SMILES string of the molecule is Cc1cccc(N(Cc2ccccc2)C(=O)Cn2nnc(-c3ccsc3)n2)c1. The highest BCUT2D eigenvalue weighted by Crippen LogP contribution is 2.20. The zero-order chi connectivity index (χ0) is 19.3. The van der Waals surface area contributed by atoms with Crippen molar-refractivity contribution in [3.63, 3.8) is 0 Å². The van der Waals surface area contributed by atoms with Crippen LogP contribution in [0.3, 0.4) is 0 Å². The third-order valence-electron chi connectivity index (χ3n) is 4.31. The monoisotopic (exact) mass is 389 g/mol. The smallest absolute Gasteiger partial charge is 0.250 e. The Kier molecular flexibility index (Phi) is 5.25. The minimum Gasteiger partial charge on any atom is -0.306 e. The number of anilines is 1. The number of hydrogen-bond acceptors (Lipinski definition) is 5. The van der Waals surface area contributed by atoms with Crippen LogP contribution < -0.4 is 4.90 Å². The van der Waals surface area contributed by atoms with Crippen LogP contribution in [0.1, 0.15) is 11.1 Å². The maximum atomic E-state index is 13.1. The van der Waals surface area contributed by atoms with Crippen molar-refractivity contribution in [1.82, 2.24) is 20.2 Å². The standard InChI is InChI=1S/C21H19N5OS/c1-16-6-5-9-19(12-16)25(13-17-7-3-2-4-8-17)20(27)14-26-23-21(22-24-26)18-10-11-28-15-18/h2-12,15H,13-14H2,1H3. The van der Waals surface area contributed by atoms with Gasteiger partial charge in [0.1, 0.15) is 6.54 Å². The maximum Gasteiger partial charge on any atom is 0.250 e. The summed E-state index contributed by atoms with van der Waals surface area (Å²) in [5.74, 6) is 0.433. The summed E-state index contributed by atoms with van der Waals surface area (Å²) in [5.41, 5.74) is 3.92. The summed E-state index contributed by atoms with van der Waals surface area (Å²) < 4.78 is 0. The molecular weight excluding hydrogens is 370 g/mol. The lowest BCUT2D eigenvalue weighted by Crippen LogP contribution is -2.34. The number of hydrogen-bond donors (Lipinski definition) is 0. The fourth-order valence-corrected chi connectivity index (χ4v) is 3.54. The number of tetrazole rings is 1. The summed E-state index contributed by atoms with van der Waals surface area (Å²) in [6.45, 7) is 2.52. The summed E-state index contributed by atoms with van der Waals surface area (Å²) in [5, 5.41) is 16.4. The number of nitrogens with zero attached hydrogens (tertiary/aromatic N) is 5. The summed E-state index contributed by atoms with van der Waals surface area (Å²) in [6.07, 6.45) is 0. The van der Waals surface area contributed by atoms with Gasteiger partial charge in [-0.1, -0.05) is 42.5 Å². The largest absolute Gasteiger partial charge is 0.306 e. The van der Waals surface area contributed by atoms with Gasteiger partial charge in [-0.2, -0.15) is 16.1 Å². The molecule has 0 aliphatic heterocycles. The van der Waals surface area contributed by atoms with Gasteiger partial charge in [0, 0.05) is 16.6 Å². The number of aryl methyl sites for hydroxylation is 1. The second-order valence-corrected chi connectivity index (χ2v) is 7.24. The van der Waals surface area contributed by atoms with Crippen LogP contribution in [-0.4, -0.2) is 26.1 Å². The quantitative estimate of drug-likeness (QED) is 0.501. The lowest BCUT2D eigenvalue weighted by Gasteiger charge is -2.23. The number of benzene rings is 2. The van der Waals surface area contributed by atoms with E-state index in [-0.39, 0.29) is 12.5 Å². The number of rotatable bonds is 6. The van der Waals surface area contributed by atoms with Gasteiger partial charge in [-0.3, -0.25) is 4.79 Å². The van der Waals surface area contributed by atoms with Crippen molar-refractivity contribution in [2.24, 2.45) is 0 Å². The van der Waals surface area contributed by atoms with E-state index in [0.717, 1.165) is 22.4 Å². The molecule has 4 aromatic rings. The second-order valence-electron chi connectivity index (χ2n) is 6.46. The first-order chi connectivity index (χ1) is 13.7. The minimum absolute atomic E-state index is 0.0257. The third kappa shape index (κ3) is 4.15. The molecule has 2 aromatic carbocycles. The number of amides is 1. The average molecular weight is 389 g/mol.